The molecule has 1 aliphatic rings. The number of fused-ring (bicyclic) bond motifs is 1. The standard InChI is InChI=1S/C18H19NO2S/c1-3-14-8-7-11-16-18(14)19(13(2)20)12-17(21-16)22-15-9-5-4-6-10-15/h4-11,17H,3,12H2,1-2H3. The van der Waals surface area contributed by atoms with E-state index in [4.69, 9.17) is 4.74 Å². The van der Waals surface area contributed by atoms with Gasteiger partial charge in [-0.15, -0.1) is 0 Å². The number of nitrogens with zero attached hydrogens (tertiary/aromatic N) is 1. The van der Waals surface area contributed by atoms with Crippen molar-refractivity contribution in [2.45, 2.75) is 30.6 Å². The molecule has 0 radical (unpaired) electrons. The average molecular weight is 313 g/mol. The van der Waals surface area contributed by atoms with E-state index >= 15 is 0 Å². The van der Waals surface area contributed by atoms with Gasteiger partial charge in [0, 0.05) is 11.8 Å². The van der Waals surface area contributed by atoms with E-state index < -0.39 is 0 Å². The topological polar surface area (TPSA) is 29.5 Å². The van der Waals surface area contributed by atoms with Crippen molar-refractivity contribution in [3.05, 3.63) is 54.1 Å². The second kappa shape index (κ2) is 6.44. The first-order chi connectivity index (χ1) is 10.7. The van der Waals surface area contributed by atoms with Crippen LogP contribution in [0.3, 0.4) is 0 Å². The third-order valence-corrected chi connectivity index (χ3v) is 4.77. The predicted molar refractivity (Wildman–Crippen MR) is 90.6 cm³/mol. The van der Waals surface area contributed by atoms with Crippen LogP contribution in [0.15, 0.2) is 53.4 Å². The zero-order valence-corrected chi connectivity index (χ0v) is 13.6. The van der Waals surface area contributed by atoms with Gasteiger partial charge in [-0.25, -0.2) is 0 Å². The fourth-order valence-corrected chi connectivity index (χ4v) is 3.67. The SMILES string of the molecule is CCc1cccc2c1N(C(C)=O)CC(Sc1ccccc1)O2. The lowest BCUT2D eigenvalue weighted by Gasteiger charge is -2.35. The number of para-hydroxylation sites is 1. The smallest absolute Gasteiger partial charge is 0.224 e. The quantitative estimate of drug-likeness (QED) is 0.854. The van der Waals surface area contributed by atoms with Crippen LogP contribution < -0.4 is 9.64 Å². The van der Waals surface area contributed by atoms with Crippen molar-refractivity contribution in [2.24, 2.45) is 0 Å². The highest BCUT2D eigenvalue weighted by Gasteiger charge is 2.30. The van der Waals surface area contributed by atoms with Gasteiger partial charge in [-0.05, 0) is 30.2 Å². The Morgan fingerprint density at radius 1 is 1.23 bits per heavy atom. The molecule has 4 heteroatoms. The van der Waals surface area contributed by atoms with Crippen LogP contribution in [0.2, 0.25) is 0 Å². The number of aryl methyl sites for hydroxylation is 1. The lowest BCUT2D eigenvalue weighted by atomic mass is 10.1. The Balaban J connectivity index is 1.91. The van der Waals surface area contributed by atoms with Crippen molar-refractivity contribution >= 4 is 23.4 Å². The molecule has 22 heavy (non-hydrogen) atoms. The Morgan fingerprint density at radius 3 is 2.68 bits per heavy atom. The van der Waals surface area contributed by atoms with E-state index in [0.717, 1.165) is 28.3 Å². The van der Waals surface area contributed by atoms with Crippen molar-refractivity contribution < 1.29 is 9.53 Å². The highest BCUT2D eigenvalue weighted by molar-refractivity contribution is 7.99. The van der Waals surface area contributed by atoms with Gasteiger partial charge in [0.05, 0.1) is 12.2 Å². The van der Waals surface area contributed by atoms with Crippen LogP contribution >= 0.6 is 11.8 Å². The molecule has 114 valence electrons. The molecule has 3 rings (SSSR count). The first-order valence-electron chi connectivity index (χ1n) is 7.47. The lowest BCUT2D eigenvalue weighted by Crippen LogP contribution is -2.41. The summed E-state index contributed by atoms with van der Waals surface area (Å²) in [6.07, 6.45) is 0.882. The summed E-state index contributed by atoms with van der Waals surface area (Å²) in [4.78, 5) is 15.1. The summed E-state index contributed by atoms with van der Waals surface area (Å²) in [5.41, 5.74) is 1.99. The maximum absolute atomic E-state index is 12.1. The van der Waals surface area contributed by atoms with Crippen LogP contribution in [0.5, 0.6) is 5.75 Å². The van der Waals surface area contributed by atoms with E-state index in [9.17, 15) is 4.79 Å². The van der Waals surface area contributed by atoms with Crippen molar-refractivity contribution in [3.63, 3.8) is 0 Å². The third kappa shape index (κ3) is 2.97. The predicted octanol–water partition coefficient (Wildman–Crippen LogP) is 4.11. The van der Waals surface area contributed by atoms with Crippen LogP contribution in [0.25, 0.3) is 0 Å². The Morgan fingerprint density at radius 2 is 2.00 bits per heavy atom. The summed E-state index contributed by atoms with van der Waals surface area (Å²) in [6, 6.07) is 16.1. The highest BCUT2D eigenvalue weighted by Crippen LogP contribution is 2.40. The van der Waals surface area contributed by atoms with E-state index in [0.29, 0.717) is 6.54 Å². The van der Waals surface area contributed by atoms with Gasteiger partial charge in [0.1, 0.15) is 5.75 Å². The number of carbonyl (C=O) groups excluding carboxylic acids is 1. The molecule has 0 spiro atoms. The van der Waals surface area contributed by atoms with Crippen molar-refractivity contribution in [1.29, 1.82) is 0 Å². The molecule has 0 saturated carbocycles. The molecule has 1 aliphatic heterocycles. The number of hydrogen-bond acceptors (Lipinski definition) is 3. The zero-order chi connectivity index (χ0) is 15.5. The van der Waals surface area contributed by atoms with Gasteiger partial charge in [-0.3, -0.25) is 4.79 Å². The Kier molecular flexibility index (Phi) is 4.39. The second-order valence-corrected chi connectivity index (χ2v) is 6.46. The number of rotatable bonds is 3. The molecule has 0 bridgehead atoms. The highest BCUT2D eigenvalue weighted by atomic mass is 32.2. The summed E-state index contributed by atoms with van der Waals surface area (Å²) in [5, 5.41) is 0. The molecule has 2 aromatic carbocycles. The minimum atomic E-state index is -0.0918. The summed E-state index contributed by atoms with van der Waals surface area (Å²) in [5.74, 6) is 0.860. The Bertz CT molecular complexity index is 672. The Hall–Kier alpha value is -1.94. The van der Waals surface area contributed by atoms with Gasteiger partial charge in [0.2, 0.25) is 5.91 Å². The molecular formula is C18H19NO2S. The number of thioether (sulfide) groups is 1. The van der Waals surface area contributed by atoms with E-state index in [2.05, 4.69) is 25.1 Å². The molecule has 0 aromatic heterocycles. The van der Waals surface area contributed by atoms with Gasteiger partial charge in [-0.2, -0.15) is 0 Å². The van der Waals surface area contributed by atoms with Crippen LogP contribution in [0.4, 0.5) is 5.69 Å². The van der Waals surface area contributed by atoms with E-state index in [1.807, 2.05) is 35.2 Å². The van der Waals surface area contributed by atoms with E-state index in [-0.39, 0.29) is 11.3 Å². The first-order valence-corrected chi connectivity index (χ1v) is 8.35. The van der Waals surface area contributed by atoms with E-state index in [1.165, 1.54) is 0 Å². The van der Waals surface area contributed by atoms with Gasteiger partial charge in [0.15, 0.2) is 5.44 Å². The minimum Gasteiger partial charge on any atom is -0.475 e. The number of hydrogen-bond donors (Lipinski definition) is 0. The summed E-state index contributed by atoms with van der Waals surface area (Å²) < 4.78 is 6.13. The van der Waals surface area contributed by atoms with Crippen molar-refractivity contribution in [1.82, 2.24) is 0 Å². The van der Waals surface area contributed by atoms with Crippen molar-refractivity contribution in [2.75, 3.05) is 11.4 Å². The molecule has 3 nitrogen and oxygen atoms in total. The maximum atomic E-state index is 12.1. The number of benzene rings is 2. The van der Waals surface area contributed by atoms with Crippen LogP contribution in [0, 0.1) is 0 Å². The van der Waals surface area contributed by atoms with Gasteiger partial charge < -0.3 is 9.64 Å². The summed E-state index contributed by atoms with van der Waals surface area (Å²) >= 11 is 1.65. The molecular weight excluding hydrogens is 294 g/mol. The molecule has 0 aliphatic carbocycles. The van der Waals surface area contributed by atoms with Crippen molar-refractivity contribution in [3.8, 4) is 5.75 Å². The Labute approximate surface area is 135 Å². The third-order valence-electron chi connectivity index (χ3n) is 3.71. The van der Waals surface area contributed by atoms with Gasteiger partial charge in [-0.1, -0.05) is 49.0 Å². The molecule has 1 amide bonds. The zero-order valence-electron chi connectivity index (χ0n) is 12.8. The molecule has 1 heterocycles. The fourth-order valence-electron chi connectivity index (χ4n) is 2.67. The molecule has 0 saturated heterocycles. The van der Waals surface area contributed by atoms with Crippen LogP contribution in [0.1, 0.15) is 19.4 Å². The summed E-state index contributed by atoms with van der Waals surface area (Å²) in [7, 11) is 0. The van der Waals surface area contributed by atoms with Crippen LogP contribution in [-0.4, -0.2) is 17.9 Å². The molecule has 0 fully saturated rings. The number of ether oxygens (including phenoxy) is 1. The molecule has 1 atom stereocenters. The van der Waals surface area contributed by atoms with Gasteiger partial charge in [0.25, 0.3) is 0 Å². The van der Waals surface area contributed by atoms with Crippen LogP contribution in [-0.2, 0) is 11.2 Å². The number of carbonyl (C=O) groups is 1. The number of amides is 1. The summed E-state index contributed by atoms with van der Waals surface area (Å²) in [6.45, 7) is 4.28. The molecule has 0 N–H and O–H groups in total. The molecule has 2 aromatic rings. The molecule has 1 unspecified atom stereocenters. The average Bonchev–Trinajstić information content (AvgIpc) is 2.54. The first kappa shape index (κ1) is 15.0. The fraction of sp³-hybridized carbons (Fsp3) is 0.278. The number of anilines is 1. The lowest BCUT2D eigenvalue weighted by molar-refractivity contribution is -0.116. The maximum Gasteiger partial charge on any atom is 0.224 e. The largest absolute Gasteiger partial charge is 0.475 e. The van der Waals surface area contributed by atoms with Gasteiger partial charge >= 0.3 is 0 Å². The minimum absolute atomic E-state index is 0.0594. The monoisotopic (exact) mass is 313 g/mol. The second-order valence-electron chi connectivity index (χ2n) is 5.23. The normalized spacial score (nSPS) is 16.8. The van der Waals surface area contributed by atoms with E-state index in [1.54, 1.807) is 18.7 Å².